The summed E-state index contributed by atoms with van der Waals surface area (Å²) < 4.78 is 119. The molecular formula is C21H22F8OSi. The normalized spacial score (nSPS) is 12.4. The minimum absolute atomic E-state index is 0.0793. The van der Waals surface area contributed by atoms with Gasteiger partial charge < -0.3 is 4.43 Å². The van der Waals surface area contributed by atoms with E-state index in [1.807, 2.05) is 0 Å². The lowest BCUT2D eigenvalue weighted by atomic mass is 10.0. The van der Waals surface area contributed by atoms with Gasteiger partial charge in [-0.05, 0) is 22.7 Å². The van der Waals surface area contributed by atoms with Gasteiger partial charge in [0.05, 0.1) is 5.56 Å². The smallest absolute Gasteiger partial charge is 0.259 e. The van der Waals surface area contributed by atoms with Crippen LogP contribution < -0.4 is 4.43 Å². The SMILES string of the molecule is CC(C)[Si](Oc1c(F)c(F)c(-c2cc(F)c(F)c(F)c2F)c(F)c1F)(C(C)C)C(C)C. The summed E-state index contributed by atoms with van der Waals surface area (Å²) in [6.07, 6.45) is 0. The molecule has 0 saturated heterocycles. The number of hydrogen-bond acceptors (Lipinski definition) is 1. The lowest BCUT2D eigenvalue weighted by Gasteiger charge is -2.42. The van der Waals surface area contributed by atoms with Crippen molar-refractivity contribution in [1.82, 2.24) is 0 Å². The van der Waals surface area contributed by atoms with Crippen molar-refractivity contribution in [3.63, 3.8) is 0 Å². The average Bonchev–Trinajstić information content (AvgIpc) is 2.68. The van der Waals surface area contributed by atoms with Gasteiger partial charge in [-0.2, -0.15) is 8.78 Å². The number of rotatable bonds is 6. The minimum Gasteiger partial charge on any atom is -0.539 e. The third kappa shape index (κ3) is 3.94. The van der Waals surface area contributed by atoms with Crippen LogP contribution in [-0.4, -0.2) is 8.32 Å². The molecule has 0 amide bonds. The van der Waals surface area contributed by atoms with E-state index in [9.17, 15) is 35.1 Å². The fourth-order valence-electron chi connectivity index (χ4n) is 4.22. The highest BCUT2D eigenvalue weighted by atomic mass is 28.4. The molecule has 0 aromatic heterocycles. The summed E-state index contributed by atoms with van der Waals surface area (Å²) in [6, 6.07) is -0.0793. The maximum absolute atomic E-state index is 14.9. The summed E-state index contributed by atoms with van der Waals surface area (Å²) >= 11 is 0. The van der Waals surface area contributed by atoms with Crippen LogP contribution in [-0.2, 0) is 0 Å². The first-order chi connectivity index (χ1) is 14.2. The standard InChI is InChI=1S/C21H22F8OSi/c1-8(2)31(9(3)4,10(5)6)30-21-19(28)16(25)13(17(26)20(21)29)11-7-12(22)15(24)18(27)14(11)23/h7-10H,1-6H3. The predicted molar refractivity (Wildman–Crippen MR) is 103 cm³/mol. The van der Waals surface area contributed by atoms with Gasteiger partial charge in [0.1, 0.15) is 0 Å². The summed E-state index contributed by atoms with van der Waals surface area (Å²) in [7, 11) is -3.07. The van der Waals surface area contributed by atoms with E-state index >= 15 is 0 Å². The second-order valence-electron chi connectivity index (χ2n) is 8.23. The Hall–Kier alpha value is -2.10. The summed E-state index contributed by atoms with van der Waals surface area (Å²) in [4.78, 5) is 0. The Morgan fingerprint density at radius 1 is 0.581 bits per heavy atom. The number of benzene rings is 2. The molecule has 0 radical (unpaired) electrons. The first kappa shape index (κ1) is 25.2. The molecule has 0 spiro atoms. The monoisotopic (exact) mass is 470 g/mol. The van der Waals surface area contributed by atoms with Gasteiger partial charge in [-0.15, -0.1) is 0 Å². The third-order valence-corrected chi connectivity index (χ3v) is 11.6. The van der Waals surface area contributed by atoms with E-state index in [1.165, 1.54) is 0 Å². The Balaban J connectivity index is 2.82. The quantitative estimate of drug-likeness (QED) is 0.180. The zero-order valence-electron chi connectivity index (χ0n) is 17.7. The van der Waals surface area contributed by atoms with Gasteiger partial charge in [0, 0.05) is 5.56 Å². The van der Waals surface area contributed by atoms with Gasteiger partial charge in [-0.3, -0.25) is 0 Å². The molecule has 0 saturated carbocycles. The molecule has 0 heterocycles. The van der Waals surface area contributed by atoms with Crippen molar-refractivity contribution in [2.24, 2.45) is 0 Å². The van der Waals surface area contributed by atoms with Crippen molar-refractivity contribution < 1.29 is 39.5 Å². The van der Waals surface area contributed by atoms with E-state index in [-0.39, 0.29) is 22.7 Å². The van der Waals surface area contributed by atoms with Gasteiger partial charge in [0.2, 0.25) is 11.6 Å². The molecule has 0 unspecified atom stereocenters. The van der Waals surface area contributed by atoms with E-state index < -0.39 is 71.7 Å². The minimum atomic E-state index is -3.07. The van der Waals surface area contributed by atoms with Gasteiger partial charge in [-0.25, -0.2) is 26.3 Å². The molecule has 0 aliphatic heterocycles. The average molecular weight is 470 g/mol. The van der Waals surface area contributed by atoms with Crippen molar-refractivity contribution in [3.05, 3.63) is 52.6 Å². The van der Waals surface area contributed by atoms with Crippen molar-refractivity contribution in [2.45, 2.75) is 58.2 Å². The second kappa shape index (κ2) is 8.80. The molecule has 0 N–H and O–H groups in total. The lowest BCUT2D eigenvalue weighted by molar-refractivity contribution is 0.374. The fourth-order valence-corrected chi connectivity index (χ4v) is 9.46. The van der Waals surface area contributed by atoms with E-state index in [0.29, 0.717) is 0 Å². The number of halogens is 8. The molecule has 0 bridgehead atoms. The highest BCUT2D eigenvalue weighted by Crippen LogP contribution is 2.46. The Kier molecular flexibility index (Phi) is 7.14. The zero-order chi connectivity index (χ0) is 24.0. The molecule has 31 heavy (non-hydrogen) atoms. The molecule has 0 fully saturated rings. The van der Waals surface area contributed by atoms with Gasteiger partial charge >= 0.3 is 0 Å². The first-order valence-corrected chi connectivity index (χ1v) is 11.7. The molecule has 0 aliphatic rings. The maximum Gasteiger partial charge on any atom is 0.259 e. The summed E-state index contributed by atoms with van der Waals surface area (Å²) in [5, 5.41) is 0. The molecule has 0 aliphatic carbocycles. The van der Waals surface area contributed by atoms with E-state index in [4.69, 9.17) is 4.43 Å². The van der Waals surface area contributed by atoms with Crippen molar-refractivity contribution in [3.8, 4) is 16.9 Å². The maximum atomic E-state index is 14.9. The third-order valence-electron chi connectivity index (χ3n) is 5.58. The topological polar surface area (TPSA) is 9.23 Å². The Labute approximate surface area is 176 Å². The Morgan fingerprint density at radius 2 is 1.00 bits per heavy atom. The van der Waals surface area contributed by atoms with Crippen molar-refractivity contribution >= 4 is 8.32 Å². The van der Waals surface area contributed by atoms with Crippen LogP contribution in [0.5, 0.6) is 5.75 Å². The highest BCUT2D eigenvalue weighted by molar-refractivity contribution is 6.78. The molecular weight excluding hydrogens is 448 g/mol. The van der Waals surface area contributed by atoms with Crippen LogP contribution in [0.2, 0.25) is 16.6 Å². The summed E-state index contributed by atoms with van der Waals surface area (Å²) in [5.41, 5.74) is -3.85. The van der Waals surface area contributed by atoms with Crippen molar-refractivity contribution in [1.29, 1.82) is 0 Å². The Bertz CT molecular complexity index is 953. The van der Waals surface area contributed by atoms with Crippen LogP contribution in [0.4, 0.5) is 35.1 Å². The van der Waals surface area contributed by atoms with E-state index in [2.05, 4.69) is 0 Å². The van der Waals surface area contributed by atoms with E-state index in [1.54, 1.807) is 41.5 Å². The molecule has 2 aromatic rings. The van der Waals surface area contributed by atoms with E-state index in [0.717, 1.165) is 0 Å². The zero-order valence-corrected chi connectivity index (χ0v) is 18.7. The van der Waals surface area contributed by atoms with Crippen LogP contribution >= 0.6 is 0 Å². The van der Waals surface area contributed by atoms with Gasteiger partial charge in [0.25, 0.3) is 8.32 Å². The lowest BCUT2D eigenvalue weighted by Crippen LogP contribution is -2.51. The first-order valence-electron chi connectivity index (χ1n) is 9.58. The molecule has 0 atom stereocenters. The van der Waals surface area contributed by atoms with Crippen LogP contribution in [0.25, 0.3) is 11.1 Å². The summed E-state index contributed by atoms with van der Waals surface area (Å²) in [5.74, 6) is -18.3. The van der Waals surface area contributed by atoms with Gasteiger partial charge in [0.15, 0.2) is 40.7 Å². The van der Waals surface area contributed by atoms with Gasteiger partial charge in [-0.1, -0.05) is 41.5 Å². The van der Waals surface area contributed by atoms with Crippen molar-refractivity contribution in [2.75, 3.05) is 0 Å². The van der Waals surface area contributed by atoms with Crippen LogP contribution in [0.15, 0.2) is 6.07 Å². The molecule has 172 valence electrons. The molecule has 1 nitrogen and oxygen atoms in total. The summed E-state index contributed by atoms with van der Waals surface area (Å²) in [6.45, 7) is 10.6. The Morgan fingerprint density at radius 3 is 1.39 bits per heavy atom. The second-order valence-corrected chi connectivity index (χ2v) is 13.6. The fraction of sp³-hybridized carbons (Fsp3) is 0.429. The highest BCUT2D eigenvalue weighted by Gasteiger charge is 2.48. The number of hydrogen-bond donors (Lipinski definition) is 0. The molecule has 2 aromatic carbocycles. The molecule has 10 heteroatoms. The van der Waals surface area contributed by atoms with Crippen LogP contribution in [0.3, 0.4) is 0 Å². The largest absolute Gasteiger partial charge is 0.539 e. The van der Waals surface area contributed by atoms with Crippen LogP contribution in [0, 0.1) is 46.5 Å². The van der Waals surface area contributed by atoms with Crippen LogP contribution in [0.1, 0.15) is 41.5 Å². The molecule has 2 rings (SSSR count). The predicted octanol–water partition coefficient (Wildman–Crippen LogP) is 8.02.